The van der Waals surface area contributed by atoms with Crippen LogP contribution in [0.3, 0.4) is 0 Å². The van der Waals surface area contributed by atoms with E-state index >= 15 is 0 Å². The Balaban J connectivity index is 1.56. The number of carbonyl (C=O) groups excluding carboxylic acids is 2. The fraction of sp³-hybridized carbons (Fsp3) is 0.316. The minimum absolute atomic E-state index is 0.0543. The van der Waals surface area contributed by atoms with Gasteiger partial charge in [0.25, 0.3) is 10.0 Å². The smallest absolute Gasteiger partial charge is 0.264 e. The molecule has 5 rings (SSSR count). The standard InChI is InChI=1S/C38H43N3O4S/c1-29-23-24-34(25-30(29)2)41(46(44,45)35-21-13-6-14-22-35)28-37(42)40(27-32-17-9-4-10-18-32)36(26-31-15-7-3-8-16-31)38(43)39-33-19-11-5-12-20-33/h3-4,6-10,13-18,21-25,33,36H,5,11-12,19-20,26-28H2,1-2H3,(H,39,43). The Labute approximate surface area is 273 Å². The first-order valence-corrected chi connectivity index (χ1v) is 17.5. The molecule has 0 aliphatic heterocycles. The Morgan fingerprint density at radius 2 is 1.35 bits per heavy atom. The highest BCUT2D eigenvalue weighted by atomic mass is 32.2. The van der Waals surface area contributed by atoms with Crippen LogP contribution in [0.5, 0.6) is 0 Å². The molecular formula is C38H43N3O4S. The van der Waals surface area contributed by atoms with Crippen LogP contribution in [0.4, 0.5) is 5.69 Å². The highest BCUT2D eigenvalue weighted by molar-refractivity contribution is 7.92. The molecule has 0 radical (unpaired) electrons. The SMILES string of the molecule is Cc1ccc(N(CC(=O)N(Cc2ccccc2)C(Cc2ccccc2)C(=O)NC2CCCCC2)S(=O)(=O)c2ccccc2)cc1C. The molecule has 7 nitrogen and oxygen atoms in total. The molecule has 1 aliphatic rings. The van der Waals surface area contributed by atoms with Crippen LogP contribution in [0, 0.1) is 13.8 Å². The van der Waals surface area contributed by atoms with E-state index in [4.69, 9.17) is 0 Å². The van der Waals surface area contributed by atoms with Gasteiger partial charge in [-0.3, -0.25) is 13.9 Å². The highest BCUT2D eigenvalue weighted by Gasteiger charge is 2.35. The monoisotopic (exact) mass is 637 g/mol. The molecule has 240 valence electrons. The normalized spacial score (nSPS) is 14.3. The summed E-state index contributed by atoms with van der Waals surface area (Å²) < 4.78 is 29.5. The van der Waals surface area contributed by atoms with E-state index in [0.717, 1.165) is 54.4 Å². The maximum atomic E-state index is 14.6. The predicted octanol–water partition coefficient (Wildman–Crippen LogP) is 6.59. The number of hydrogen-bond donors (Lipinski definition) is 1. The lowest BCUT2D eigenvalue weighted by molar-refractivity contribution is -0.140. The molecule has 0 bridgehead atoms. The second-order valence-electron chi connectivity index (χ2n) is 12.1. The summed E-state index contributed by atoms with van der Waals surface area (Å²) in [4.78, 5) is 30.5. The first-order valence-electron chi connectivity index (χ1n) is 16.0. The summed E-state index contributed by atoms with van der Waals surface area (Å²) in [6, 6.07) is 31.9. The number of benzene rings is 4. The number of sulfonamides is 1. The maximum absolute atomic E-state index is 14.6. The fourth-order valence-corrected chi connectivity index (χ4v) is 7.43. The van der Waals surface area contributed by atoms with Gasteiger partial charge in [0.05, 0.1) is 10.6 Å². The first-order chi connectivity index (χ1) is 22.2. The van der Waals surface area contributed by atoms with Crippen molar-refractivity contribution in [3.63, 3.8) is 0 Å². The lowest BCUT2D eigenvalue weighted by Gasteiger charge is -2.35. The molecule has 1 saturated carbocycles. The number of anilines is 1. The molecule has 0 aromatic heterocycles. The molecule has 1 atom stereocenters. The van der Waals surface area contributed by atoms with Gasteiger partial charge in [-0.1, -0.05) is 104 Å². The summed E-state index contributed by atoms with van der Waals surface area (Å²) in [6.07, 6.45) is 5.39. The molecule has 1 unspecified atom stereocenters. The molecule has 8 heteroatoms. The predicted molar refractivity (Wildman–Crippen MR) is 183 cm³/mol. The summed E-state index contributed by atoms with van der Waals surface area (Å²) in [5.41, 5.74) is 4.09. The van der Waals surface area contributed by atoms with Gasteiger partial charge < -0.3 is 10.2 Å². The van der Waals surface area contributed by atoms with Crippen LogP contribution in [-0.2, 0) is 32.6 Å². The Bertz CT molecular complexity index is 1710. The second-order valence-corrected chi connectivity index (χ2v) is 14.0. The summed E-state index contributed by atoms with van der Waals surface area (Å²) in [5.74, 6) is -0.676. The molecule has 1 N–H and O–H groups in total. The fourth-order valence-electron chi connectivity index (χ4n) is 6.01. The van der Waals surface area contributed by atoms with Gasteiger partial charge in [0.15, 0.2) is 0 Å². The van der Waals surface area contributed by atoms with Crippen LogP contribution in [0.15, 0.2) is 114 Å². The van der Waals surface area contributed by atoms with Crippen LogP contribution in [-0.4, -0.2) is 43.8 Å². The molecule has 0 heterocycles. The Kier molecular flexibility index (Phi) is 10.9. The molecular weight excluding hydrogens is 595 g/mol. The van der Waals surface area contributed by atoms with Gasteiger partial charge in [-0.05, 0) is 73.2 Å². The average molecular weight is 638 g/mol. The quantitative estimate of drug-likeness (QED) is 0.190. The van der Waals surface area contributed by atoms with E-state index < -0.39 is 28.5 Å². The number of aryl methyl sites for hydroxylation is 2. The lowest BCUT2D eigenvalue weighted by Crippen LogP contribution is -2.55. The van der Waals surface area contributed by atoms with E-state index in [1.807, 2.05) is 80.6 Å². The summed E-state index contributed by atoms with van der Waals surface area (Å²) in [5, 5.41) is 3.25. The van der Waals surface area contributed by atoms with Gasteiger partial charge in [0, 0.05) is 19.0 Å². The molecule has 2 amide bonds. The second kappa shape index (κ2) is 15.2. The third-order valence-electron chi connectivity index (χ3n) is 8.81. The van der Waals surface area contributed by atoms with Crippen molar-refractivity contribution in [2.45, 2.75) is 75.9 Å². The zero-order valence-corrected chi connectivity index (χ0v) is 27.5. The molecule has 0 saturated heterocycles. The maximum Gasteiger partial charge on any atom is 0.264 e. The molecule has 46 heavy (non-hydrogen) atoms. The third-order valence-corrected chi connectivity index (χ3v) is 10.6. The third kappa shape index (κ3) is 8.23. The molecule has 1 fully saturated rings. The summed E-state index contributed by atoms with van der Waals surface area (Å²) in [7, 11) is -4.13. The van der Waals surface area contributed by atoms with Crippen LogP contribution in [0.25, 0.3) is 0 Å². The summed E-state index contributed by atoms with van der Waals surface area (Å²) >= 11 is 0. The zero-order valence-electron chi connectivity index (χ0n) is 26.6. The Hall–Kier alpha value is -4.43. The zero-order chi connectivity index (χ0) is 32.5. The minimum atomic E-state index is -4.13. The van der Waals surface area contributed by atoms with Crippen molar-refractivity contribution in [1.29, 1.82) is 0 Å². The van der Waals surface area contributed by atoms with Gasteiger partial charge in [0.2, 0.25) is 11.8 Å². The summed E-state index contributed by atoms with van der Waals surface area (Å²) in [6.45, 7) is 3.57. The van der Waals surface area contributed by atoms with E-state index in [9.17, 15) is 18.0 Å². The molecule has 4 aromatic rings. The number of amides is 2. The van der Waals surface area contributed by atoms with Gasteiger partial charge in [-0.15, -0.1) is 0 Å². The number of rotatable bonds is 12. The van der Waals surface area contributed by atoms with Crippen LogP contribution in [0.1, 0.15) is 54.4 Å². The number of nitrogens with one attached hydrogen (secondary N) is 1. The lowest BCUT2D eigenvalue weighted by atomic mass is 9.94. The highest BCUT2D eigenvalue weighted by Crippen LogP contribution is 2.27. The van der Waals surface area contributed by atoms with E-state index in [1.165, 1.54) is 16.4 Å². The van der Waals surface area contributed by atoms with Crippen molar-refractivity contribution >= 4 is 27.5 Å². The van der Waals surface area contributed by atoms with Crippen molar-refractivity contribution in [3.05, 3.63) is 131 Å². The largest absolute Gasteiger partial charge is 0.352 e. The van der Waals surface area contributed by atoms with Crippen molar-refractivity contribution in [1.82, 2.24) is 10.2 Å². The topological polar surface area (TPSA) is 86.8 Å². The Morgan fingerprint density at radius 1 is 0.761 bits per heavy atom. The van der Waals surface area contributed by atoms with E-state index in [2.05, 4.69) is 5.32 Å². The van der Waals surface area contributed by atoms with E-state index in [-0.39, 0.29) is 23.4 Å². The van der Waals surface area contributed by atoms with Gasteiger partial charge >= 0.3 is 0 Å². The Morgan fingerprint density at radius 3 is 1.96 bits per heavy atom. The van der Waals surface area contributed by atoms with Crippen LogP contribution in [0.2, 0.25) is 0 Å². The van der Waals surface area contributed by atoms with E-state index in [0.29, 0.717) is 12.1 Å². The molecule has 4 aromatic carbocycles. The minimum Gasteiger partial charge on any atom is -0.352 e. The van der Waals surface area contributed by atoms with Crippen molar-refractivity contribution in [2.24, 2.45) is 0 Å². The van der Waals surface area contributed by atoms with Crippen LogP contribution >= 0.6 is 0 Å². The number of hydrogen-bond acceptors (Lipinski definition) is 4. The first kappa shape index (κ1) is 32.9. The van der Waals surface area contributed by atoms with Crippen molar-refractivity contribution in [3.8, 4) is 0 Å². The van der Waals surface area contributed by atoms with Crippen LogP contribution < -0.4 is 9.62 Å². The van der Waals surface area contributed by atoms with Gasteiger partial charge in [-0.2, -0.15) is 0 Å². The molecule has 1 aliphatic carbocycles. The number of carbonyl (C=O) groups is 2. The van der Waals surface area contributed by atoms with Crippen molar-refractivity contribution in [2.75, 3.05) is 10.8 Å². The number of nitrogens with zero attached hydrogens (tertiary/aromatic N) is 2. The molecule has 0 spiro atoms. The average Bonchev–Trinajstić information content (AvgIpc) is 3.08. The van der Waals surface area contributed by atoms with Gasteiger partial charge in [-0.25, -0.2) is 8.42 Å². The van der Waals surface area contributed by atoms with E-state index in [1.54, 1.807) is 35.2 Å². The van der Waals surface area contributed by atoms with Crippen molar-refractivity contribution < 1.29 is 18.0 Å². The van der Waals surface area contributed by atoms with Gasteiger partial charge in [0.1, 0.15) is 12.6 Å².